The van der Waals surface area contributed by atoms with Crippen molar-refractivity contribution in [1.29, 1.82) is 0 Å². The highest BCUT2D eigenvalue weighted by Crippen LogP contribution is 2.34. The van der Waals surface area contributed by atoms with E-state index in [2.05, 4.69) is 34.5 Å². The third-order valence-corrected chi connectivity index (χ3v) is 6.89. The van der Waals surface area contributed by atoms with E-state index in [1.165, 1.54) is 5.56 Å². The largest absolute Gasteiger partial charge is 0.497 e. The second-order valence-electron chi connectivity index (χ2n) is 9.36. The Morgan fingerprint density at radius 1 is 0.917 bits per heavy atom. The molecule has 7 heteroatoms. The molecule has 5 rings (SSSR count). The van der Waals surface area contributed by atoms with Crippen molar-refractivity contribution >= 4 is 5.91 Å². The van der Waals surface area contributed by atoms with Gasteiger partial charge in [0.2, 0.25) is 12.7 Å². The third-order valence-electron chi connectivity index (χ3n) is 6.89. The minimum absolute atomic E-state index is 0.0709. The molecule has 0 bridgehead atoms. The van der Waals surface area contributed by atoms with E-state index in [0.29, 0.717) is 19.6 Å². The molecule has 0 radical (unpaired) electrons. The van der Waals surface area contributed by atoms with Crippen molar-refractivity contribution in [1.82, 2.24) is 10.2 Å². The van der Waals surface area contributed by atoms with Crippen molar-refractivity contribution in [3.8, 4) is 23.0 Å². The van der Waals surface area contributed by atoms with Crippen molar-refractivity contribution in [3.05, 3.63) is 83.4 Å². The molecule has 3 aromatic rings. The maximum absolute atomic E-state index is 13.3. The van der Waals surface area contributed by atoms with E-state index in [1.807, 2.05) is 42.5 Å². The van der Waals surface area contributed by atoms with Crippen molar-refractivity contribution in [2.75, 3.05) is 34.1 Å². The number of hydrogen-bond acceptors (Lipinski definition) is 6. The number of hydrogen-bond donors (Lipinski definition) is 1. The normalized spacial score (nSPS) is 19.1. The zero-order chi connectivity index (χ0) is 24.9. The Hall–Kier alpha value is -3.71. The molecule has 0 saturated carbocycles. The van der Waals surface area contributed by atoms with Gasteiger partial charge in [0, 0.05) is 32.2 Å². The predicted molar refractivity (Wildman–Crippen MR) is 137 cm³/mol. The molecule has 0 spiro atoms. The number of methoxy groups -OCH3 is 2. The number of fused-ring (bicyclic) bond motifs is 1. The molecule has 0 aromatic heterocycles. The van der Waals surface area contributed by atoms with Crippen LogP contribution < -0.4 is 24.3 Å². The Kier molecular flexibility index (Phi) is 7.28. The molecule has 188 valence electrons. The molecule has 1 N–H and O–H groups in total. The highest BCUT2D eigenvalue weighted by atomic mass is 16.7. The van der Waals surface area contributed by atoms with Crippen LogP contribution in [-0.4, -0.2) is 44.9 Å². The lowest BCUT2D eigenvalue weighted by atomic mass is 9.84. The van der Waals surface area contributed by atoms with E-state index in [-0.39, 0.29) is 24.5 Å². The van der Waals surface area contributed by atoms with E-state index in [9.17, 15) is 4.79 Å². The molecular formula is C29H32N2O5. The van der Waals surface area contributed by atoms with Crippen LogP contribution in [0.1, 0.15) is 29.0 Å². The van der Waals surface area contributed by atoms with Crippen molar-refractivity contribution in [2.24, 2.45) is 5.92 Å². The van der Waals surface area contributed by atoms with Gasteiger partial charge in [0.15, 0.2) is 11.5 Å². The maximum atomic E-state index is 13.3. The van der Waals surface area contributed by atoms with Gasteiger partial charge in [-0.2, -0.15) is 0 Å². The van der Waals surface area contributed by atoms with Crippen LogP contribution in [0.4, 0.5) is 0 Å². The summed E-state index contributed by atoms with van der Waals surface area (Å²) < 4.78 is 21.8. The highest BCUT2D eigenvalue weighted by molar-refractivity contribution is 5.79. The standard InChI is InChI=1S/C29H32N2O5/c1-33-25-10-21(11-26(14-25)34-2)16-31-17-23(22-6-4-3-5-7-22)13-24(18-31)29(32)30-15-20-8-9-27-28(12-20)36-19-35-27/h3-12,14,23-24H,13,15-19H2,1-2H3,(H,30,32). The summed E-state index contributed by atoms with van der Waals surface area (Å²) in [6.45, 7) is 2.98. The van der Waals surface area contributed by atoms with Crippen LogP contribution >= 0.6 is 0 Å². The van der Waals surface area contributed by atoms with Crippen LogP contribution in [0.2, 0.25) is 0 Å². The molecule has 0 aliphatic carbocycles. The SMILES string of the molecule is COc1cc(CN2CC(C(=O)NCc3ccc4c(c3)OCO4)CC(c3ccccc3)C2)cc(OC)c1. The van der Waals surface area contributed by atoms with Crippen molar-refractivity contribution in [3.63, 3.8) is 0 Å². The van der Waals surface area contributed by atoms with Gasteiger partial charge in [-0.05, 0) is 53.3 Å². The van der Waals surface area contributed by atoms with Crippen LogP contribution in [0.15, 0.2) is 66.7 Å². The number of likely N-dealkylation sites (tertiary alicyclic amines) is 1. The summed E-state index contributed by atoms with van der Waals surface area (Å²) in [4.78, 5) is 15.7. The molecule has 36 heavy (non-hydrogen) atoms. The molecule has 1 fully saturated rings. The molecule has 2 atom stereocenters. The Morgan fingerprint density at radius 2 is 1.67 bits per heavy atom. The van der Waals surface area contributed by atoms with Gasteiger partial charge in [-0.15, -0.1) is 0 Å². The van der Waals surface area contributed by atoms with E-state index in [1.54, 1.807) is 14.2 Å². The number of carbonyl (C=O) groups is 1. The summed E-state index contributed by atoms with van der Waals surface area (Å²) in [6.07, 6.45) is 0.814. The molecule has 2 heterocycles. The van der Waals surface area contributed by atoms with Crippen LogP contribution in [0.25, 0.3) is 0 Å². The van der Waals surface area contributed by atoms with Crippen molar-refractivity contribution in [2.45, 2.75) is 25.4 Å². The topological polar surface area (TPSA) is 69.3 Å². The molecule has 1 amide bonds. The molecule has 2 unspecified atom stereocenters. The van der Waals surface area contributed by atoms with Crippen LogP contribution in [-0.2, 0) is 17.9 Å². The zero-order valence-electron chi connectivity index (χ0n) is 20.7. The summed E-state index contributed by atoms with van der Waals surface area (Å²) in [7, 11) is 3.32. The van der Waals surface area contributed by atoms with E-state index in [4.69, 9.17) is 18.9 Å². The van der Waals surface area contributed by atoms with E-state index >= 15 is 0 Å². The monoisotopic (exact) mass is 488 g/mol. The summed E-state index contributed by atoms with van der Waals surface area (Å²) in [5.41, 5.74) is 3.35. The van der Waals surface area contributed by atoms with E-state index < -0.39 is 0 Å². The smallest absolute Gasteiger partial charge is 0.231 e. The third kappa shape index (κ3) is 5.57. The fourth-order valence-corrected chi connectivity index (χ4v) is 5.08. The first-order valence-corrected chi connectivity index (χ1v) is 12.3. The lowest BCUT2D eigenvalue weighted by molar-refractivity contribution is -0.127. The average Bonchev–Trinajstić information content (AvgIpc) is 3.40. The predicted octanol–water partition coefficient (Wildman–Crippen LogP) is 4.35. The maximum Gasteiger partial charge on any atom is 0.231 e. The number of amides is 1. The zero-order valence-corrected chi connectivity index (χ0v) is 20.7. The fraction of sp³-hybridized carbons (Fsp3) is 0.345. The Morgan fingerprint density at radius 3 is 2.42 bits per heavy atom. The first-order chi connectivity index (χ1) is 17.6. The summed E-state index contributed by atoms with van der Waals surface area (Å²) >= 11 is 0. The van der Waals surface area contributed by atoms with Gasteiger partial charge < -0.3 is 24.3 Å². The van der Waals surface area contributed by atoms with Crippen LogP contribution in [0.3, 0.4) is 0 Å². The molecule has 1 saturated heterocycles. The molecule has 7 nitrogen and oxygen atoms in total. The summed E-state index contributed by atoms with van der Waals surface area (Å²) in [6, 6.07) is 22.2. The van der Waals surface area contributed by atoms with Crippen LogP contribution in [0.5, 0.6) is 23.0 Å². The molecule has 3 aromatic carbocycles. The molecule has 2 aliphatic rings. The number of rotatable bonds is 8. The van der Waals surface area contributed by atoms with Gasteiger partial charge in [0.25, 0.3) is 0 Å². The van der Waals surface area contributed by atoms with Gasteiger partial charge in [-0.3, -0.25) is 9.69 Å². The van der Waals surface area contributed by atoms with Crippen LogP contribution in [0, 0.1) is 5.92 Å². The number of benzene rings is 3. The first kappa shape index (κ1) is 24.0. The lowest BCUT2D eigenvalue weighted by Gasteiger charge is -2.37. The van der Waals surface area contributed by atoms with E-state index in [0.717, 1.165) is 47.1 Å². The minimum atomic E-state index is -0.120. The fourth-order valence-electron chi connectivity index (χ4n) is 5.08. The highest BCUT2D eigenvalue weighted by Gasteiger charge is 2.32. The Balaban J connectivity index is 1.30. The number of nitrogens with zero attached hydrogens (tertiary/aromatic N) is 1. The van der Waals surface area contributed by atoms with Gasteiger partial charge in [0.05, 0.1) is 20.1 Å². The summed E-state index contributed by atoms with van der Waals surface area (Å²) in [5, 5.41) is 3.15. The average molecular weight is 489 g/mol. The van der Waals surface area contributed by atoms with Gasteiger partial charge >= 0.3 is 0 Å². The number of carbonyl (C=O) groups excluding carboxylic acids is 1. The minimum Gasteiger partial charge on any atom is -0.497 e. The number of piperidine rings is 1. The molecular weight excluding hydrogens is 456 g/mol. The van der Waals surface area contributed by atoms with Gasteiger partial charge in [-0.1, -0.05) is 36.4 Å². The van der Waals surface area contributed by atoms with Gasteiger partial charge in [-0.25, -0.2) is 0 Å². The second-order valence-corrected chi connectivity index (χ2v) is 9.36. The van der Waals surface area contributed by atoms with Crippen molar-refractivity contribution < 1.29 is 23.7 Å². The first-order valence-electron chi connectivity index (χ1n) is 12.3. The Labute approximate surface area is 211 Å². The second kappa shape index (κ2) is 10.9. The van der Waals surface area contributed by atoms with Gasteiger partial charge in [0.1, 0.15) is 11.5 Å². The number of nitrogens with one attached hydrogen (secondary N) is 1. The quantitative estimate of drug-likeness (QED) is 0.508. The summed E-state index contributed by atoms with van der Waals surface area (Å²) in [5.74, 6) is 3.22. The number of ether oxygens (including phenoxy) is 4. The molecule has 2 aliphatic heterocycles. The lowest BCUT2D eigenvalue weighted by Crippen LogP contribution is -2.45. The Bertz CT molecular complexity index is 1180.